The van der Waals surface area contributed by atoms with Crippen molar-refractivity contribution in [3.63, 3.8) is 0 Å². The van der Waals surface area contributed by atoms with E-state index in [-0.39, 0.29) is 26.1 Å². The molecule has 2 aliphatic heterocycles. The zero-order valence-corrected chi connectivity index (χ0v) is 40.9. The molecule has 66 heavy (non-hydrogen) atoms. The first-order valence-electron chi connectivity index (χ1n) is 26.3. The Hall–Kier alpha value is -1.76. The number of esters is 2. The third-order valence-corrected chi connectivity index (χ3v) is 12.7. The Bertz CT molecular complexity index is 1210. The summed E-state index contributed by atoms with van der Waals surface area (Å²) in [4.78, 5) is 25.7. The van der Waals surface area contributed by atoms with Gasteiger partial charge in [0.05, 0.1) is 19.8 Å². The minimum absolute atomic E-state index is 0.170. The fourth-order valence-electron chi connectivity index (χ4n) is 8.39. The van der Waals surface area contributed by atoms with Crippen LogP contribution in [0, 0.1) is 0 Å². The number of carbonyl (C=O) groups is 2. The van der Waals surface area contributed by atoms with Crippen molar-refractivity contribution in [2.75, 3.05) is 26.4 Å². The largest absolute Gasteiger partial charge is 0.462 e. The zero-order chi connectivity index (χ0) is 48.2. The fourth-order valence-corrected chi connectivity index (χ4v) is 8.39. The minimum Gasteiger partial charge on any atom is -0.462 e. The van der Waals surface area contributed by atoms with E-state index >= 15 is 0 Å². The summed E-state index contributed by atoms with van der Waals surface area (Å²) in [5.41, 5.74) is 0. The second-order valence-corrected chi connectivity index (χ2v) is 18.7. The zero-order valence-electron chi connectivity index (χ0n) is 40.9. The topological polar surface area (TPSA) is 231 Å². The quantitative estimate of drug-likeness (QED) is 0.0180. The van der Waals surface area contributed by atoms with Crippen LogP contribution < -0.4 is 0 Å². The van der Waals surface area contributed by atoms with E-state index in [2.05, 4.69) is 26.0 Å². The van der Waals surface area contributed by atoms with Crippen molar-refractivity contribution < 1.29 is 73.8 Å². The van der Waals surface area contributed by atoms with Gasteiger partial charge in [-0.15, -0.1) is 0 Å². The predicted molar refractivity (Wildman–Crippen MR) is 252 cm³/mol. The Morgan fingerprint density at radius 1 is 0.470 bits per heavy atom. The van der Waals surface area contributed by atoms with Crippen LogP contribution in [0.3, 0.4) is 0 Å². The maximum atomic E-state index is 13.0. The predicted octanol–water partition coefficient (Wildman–Crippen LogP) is 7.38. The van der Waals surface area contributed by atoms with Crippen molar-refractivity contribution in [3.05, 3.63) is 12.2 Å². The van der Waals surface area contributed by atoms with E-state index in [0.717, 1.165) is 44.9 Å². The molecule has 15 heteroatoms. The van der Waals surface area contributed by atoms with Gasteiger partial charge in [0.15, 0.2) is 18.7 Å². The summed E-state index contributed by atoms with van der Waals surface area (Å²) in [6.07, 6.45) is 20.9. The molecule has 4 unspecified atom stereocenters. The number of unbranched alkanes of at least 4 members (excludes halogenated alkanes) is 25. The van der Waals surface area contributed by atoms with Crippen LogP contribution in [0.4, 0.5) is 0 Å². The van der Waals surface area contributed by atoms with Crippen molar-refractivity contribution in [3.8, 4) is 0 Å². The van der Waals surface area contributed by atoms with Gasteiger partial charge >= 0.3 is 11.9 Å². The maximum Gasteiger partial charge on any atom is 0.306 e. The van der Waals surface area contributed by atoms with Crippen molar-refractivity contribution >= 4 is 11.9 Å². The molecule has 0 amide bonds. The van der Waals surface area contributed by atoms with E-state index < -0.39 is 92.7 Å². The number of aliphatic hydroxyl groups excluding tert-OH is 7. The summed E-state index contributed by atoms with van der Waals surface area (Å²) in [6.45, 7) is 2.60. The molecule has 2 heterocycles. The minimum atomic E-state index is -1.76. The standard InChI is InChI=1S/C51H94O15/c1-3-5-7-9-11-13-15-17-18-19-20-22-23-25-27-29-31-33-42(53)61-36-39(64-43(54)34-32-30-28-26-24-21-16-14-12-10-8-6-4-2)37-62-50-49(60)47(58)45(56)41(66-50)38-63-51-48(59)46(57)44(55)40(35-52)65-51/h17-18,39-41,44-52,55-60H,3-16,19-38H2,1-2H3/b18-17+/t39-,40+,41+,44-,45-,46?,47?,48?,49?,50+,51+/m0/s1. The first kappa shape index (κ1) is 60.4. The highest BCUT2D eigenvalue weighted by molar-refractivity contribution is 5.70. The average molecular weight is 947 g/mol. The first-order valence-corrected chi connectivity index (χ1v) is 26.3. The SMILES string of the molecule is CCCCCCCC/C=C/CCCCCCCCCC(=O)OC[C@@H](CO[C@@H]1O[C@H](CO[C@@H]2O[C@H](CO)[C@H](O)C(O)C2O)[C@H](O)C(O)C1O)OC(=O)CCCCCCCCCCCCCCC. The van der Waals surface area contributed by atoms with Gasteiger partial charge in [-0.25, -0.2) is 0 Å². The third kappa shape index (κ3) is 26.8. The fraction of sp³-hybridized carbons (Fsp3) is 0.922. The van der Waals surface area contributed by atoms with Gasteiger partial charge in [0.2, 0.25) is 0 Å². The molecule has 0 aliphatic carbocycles. The van der Waals surface area contributed by atoms with Crippen molar-refractivity contribution in [1.29, 1.82) is 0 Å². The van der Waals surface area contributed by atoms with Gasteiger partial charge in [-0.05, 0) is 38.5 Å². The first-order chi connectivity index (χ1) is 32.0. The number of rotatable bonds is 41. The molecule has 2 aliphatic rings. The molecule has 2 rings (SSSR count). The number of aliphatic hydroxyl groups is 7. The van der Waals surface area contributed by atoms with Crippen LogP contribution in [0.2, 0.25) is 0 Å². The summed E-state index contributed by atoms with van der Waals surface area (Å²) in [7, 11) is 0. The highest BCUT2D eigenvalue weighted by Crippen LogP contribution is 2.26. The molecule has 0 aromatic rings. The Balaban J connectivity index is 1.79. The number of allylic oxidation sites excluding steroid dienone is 2. The van der Waals surface area contributed by atoms with Gasteiger partial charge in [0.25, 0.3) is 0 Å². The molecular weight excluding hydrogens is 853 g/mol. The molecule has 2 saturated heterocycles. The highest BCUT2D eigenvalue weighted by atomic mass is 16.7. The third-order valence-electron chi connectivity index (χ3n) is 12.7. The second-order valence-electron chi connectivity index (χ2n) is 18.7. The summed E-state index contributed by atoms with van der Waals surface area (Å²) < 4.78 is 33.6. The van der Waals surface area contributed by atoms with Crippen molar-refractivity contribution in [2.24, 2.45) is 0 Å². The van der Waals surface area contributed by atoms with Crippen LogP contribution in [0.25, 0.3) is 0 Å². The van der Waals surface area contributed by atoms with Crippen LogP contribution in [0.1, 0.15) is 206 Å². The normalized spacial score (nSPS) is 26.2. The Morgan fingerprint density at radius 2 is 0.864 bits per heavy atom. The molecular formula is C51H94O15. The molecule has 388 valence electrons. The summed E-state index contributed by atoms with van der Waals surface area (Å²) in [5.74, 6) is -0.920. The van der Waals surface area contributed by atoms with Crippen LogP contribution in [0.15, 0.2) is 12.2 Å². The lowest BCUT2D eigenvalue weighted by Crippen LogP contribution is -2.61. The molecule has 0 spiro atoms. The van der Waals surface area contributed by atoms with Gasteiger partial charge in [-0.1, -0.05) is 167 Å². The van der Waals surface area contributed by atoms with E-state index in [9.17, 15) is 45.3 Å². The molecule has 0 aromatic carbocycles. The van der Waals surface area contributed by atoms with Crippen molar-refractivity contribution in [1.82, 2.24) is 0 Å². The van der Waals surface area contributed by atoms with Gasteiger partial charge in [0.1, 0.15) is 55.4 Å². The lowest BCUT2D eigenvalue weighted by molar-refractivity contribution is -0.332. The number of ether oxygens (including phenoxy) is 6. The average Bonchev–Trinajstić information content (AvgIpc) is 3.31. The molecule has 0 bridgehead atoms. The van der Waals surface area contributed by atoms with E-state index in [1.54, 1.807) is 0 Å². The summed E-state index contributed by atoms with van der Waals surface area (Å²) in [6, 6.07) is 0. The van der Waals surface area contributed by atoms with E-state index in [1.807, 2.05) is 0 Å². The lowest BCUT2D eigenvalue weighted by atomic mass is 9.98. The smallest absolute Gasteiger partial charge is 0.306 e. The summed E-state index contributed by atoms with van der Waals surface area (Å²) >= 11 is 0. The van der Waals surface area contributed by atoms with Gasteiger partial charge in [-0.2, -0.15) is 0 Å². The second kappa shape index (κ2) is 39.0. The van der Waals surface area contributed by atoms with Gasteiger partial charge in [0, 0.05) is 12.8 Å². The van der Waals surface area contributed by atoms with E-state index in [4.69, 9.17) is 28.4 Å². The Kier molecular flexibility index (Phi) is 35.7. The molecule has 0 aromatic heterocycles. The monoisotopic (exact) mass is 947 g/mol. The molecule has 11 atom stereocenters. The maximum absolute atomic E-state index is 13.0. The number of carbonyl (C=O) groups excluding carboxylic acids is 2. The van der Waals surface area contributed by atoms with Crippen LogP contribution >= 0.6 is 0 Å². The van der Waals surface area contributed by atoms with Crippen LogP contribution in [-0.4, -0.2) is 142 Å². The number of hydrogen-bond acceptors (Lipinski definition) is 15. The van der Waals surface area contributed by atoms with Gasteiger partial charge < -0.3 is 64.2 Å². The lowest BCUT2D eigenvalue weighted by Gasteiger charge is -2.42. The molecule has 0 radical (unpaired) electrons. The highest BCUT2D eigenvalue weighted by Gasteiger charge is 2.47. The molecule has 2 fully saturated rings. The Morgan fingerprint density at radius 3 is 1.33 bits per heavy atom. The van der Waals surface area contributed by atoms with Crippen LogP contribution in [-0.2, 0) is 38.0 Å². The Labute approximate surface area is 397 Å². The van der Waals surface area contributed by atoms with E-state index in [1.165, 1.54) is 122 Å². The van der Waals surface area contributed by atoms with Crippen molar-refractivity contribution in [2.45, 2.75) is 274 Å². The summed E-state index contributed by atoms with van der Waals surface area (Å²) in [5, 5.41) is 72.1. The number of hydrogen-bond donors (Lipinski definition) is 7. The molecule has 7 N–H and O–H groups in total. The van der Waals surface area contributed by atoms with Gasteiger partial charge in [-0.3, -0.25) is 9.59 Å². The molecule has 15 nitrogen and oxygen atoms in total. The van der Waals surface area contributed by atoms with E-state index in [0.29, 0.717) is 12.8 Å². The molecule has 0 saturated carbocycles. The van der Waals surface area contributed by atoms with Crippen LogP contribution in [0.5, 0.6) is 0 Å².